The number of rotatable bonds is 3. The van der Waals surface area contributed by atoms with E-state index in [0.717, 1.165) is 28.5 Å². The van der Waals surface area contributed by atoms with Gasteiger partial charge in [-0.15, -0.1) is 0 Å². The van der Waals surface area contributed by atoms with Crippen molar-refractivity contribution in [1.29, 1.82) is 0 Å². The second-order valence-electron chi connectivity index (χ2n) is 3.67. The molecule has 0 amide bonds. The van der Waals surface area contributed by atoms with E-state index in [0.29, 0.717) is 12.5 Å². The number of benzene rings is 1. The van der Waals surface area contributed by atoms with Crippen LogP contribution in [0.4, 0.5) is 0 Å². The summed E-state index contributed by atoms with van der Waals surface area (Å²) in [5.74, 6) is 1.85. The molecule has 1 atom stereocenters. The lowest BCUT2D eigenvalue weighted by Crippen LogP contribution is -2.06. The van der Waals surface area contributed by atoms with E-state index < -0.39 is 0 Å². The van der Waals surface area contributed by atoms with Gasteiger partial charge in [0.05, 0.1) is 0 Å². The van der Waals surface area contributed by atoms with Gasteiger partial charge in [-0.1, -0.05) is 18.5 Å². The summed E-state index contributed by atoms with van der Waals surface area (Å²) in [6, 6.07) is 3.68. The van der Waals surface area contributed by atoms with Crippen molar-refractivity contribution in [2.75, 3.05) is 13.3 Å². The summed E-state index contributed by atoms with van der Waals surface area (Å²) < 4.78 is 10.7. The first-order valence-electron chi connectivity index (χ1n) is 5.02. The van der Waals surface area contributed by atoms with Gasteiger partial charge in [0.15, 0.2) is 11.5 Å². The van der Waals surface area contributed by atoms with Crippen molar-refractivity contribution in [3.63, 3.8) is 0 Å². The normalized spacial score (nSPS) is 15.4. The minimum atomic E-state index is 0.276. The Hall–Kier alpha value is -0.930. The monoisotopic (exact) mass is 227 g/mol. The molecule has 1 heterocycles. The van der Waals surface area contributed by atoms with Crippen LogP contribution in [0.15, 0.2) is 12.1 Å². The van der Waals surface area contributed by atoms with Crippen molar-refractivity contribution in [2.24, 2.45) is 5.73 Å². The first kappa shape index (κ1) is 10.6. The van der Waals surface area contributed by atoms with Crippen LogP contribution in [-0.4, -0.2) is 13.3 Å². The molecule has 0 fully saturated rings. The predicted octanol–water partition coefficient (Wildman–Crippen LogP) is 2.52. The molecule has 0 radical (unpaired) electrons. The minimum absolute atomic E-state index is 0.276. The van der Waals surface area contributed by atoms with Crippen LogP contribution in [0.5, 0.6) is 11.5 Å². The van der Waals surface area contributed by atoms with Crippen molar-refractivity contribution in [3.8, 4) is 11.5 Å². The van der Waals surface area contributed by atoms with E-state index in [2.05, 4.69) is 6.92 Å². The zero-order chi connectivity index (χ0) is 10.8. The molecular formula is C11H14ClNO2. The number of hydrogen-bond acceptors (Lipinski definition) is 3. The van der Waals surface area contributed by atoms with E-state index in [1.54, 1.807) is 0 Å². The van der Waals surface area contributed by atoms with Crippen LogP contribution < -0.4 is 15.2 Å². The van der Waals surface area contributed by atoms with E-state index in [1.807, 2.05) is 12.1 Å². The molecule has 1 aromatic rings. The molecule has 15 heavy (non-hydrogen) atoms. The lowest BCUT2D eigenvalue weighted by atomic mass is 9.96. The Labute approximate surface area is 94.1 Å². The molecule has 0 bridgehead atoms. The fraction of sp³-hybridized carbons (Fsp3) is 0.455. The van der Waals surface area contributed by atoms with E-state index in [-0.39, 0.29) is 6.79 Å². The van der Waals surface area contributed by atoms with Crippen LogP contribution in [-0.2, 0) is 0 Å². The van der Waals surface area contributed by atoms with Crippen molar-refractivity contribution in [3.05, 3.63) is 22.7 Å². The van der Waals surface area contributed by atoms with E-state index in [1.165, 1.54) is 0 Å². The van der Waals surface area contributed by atoms with Gasteiger partial charge in [-0.05, 0) is 31.0 Å². The standard InChI is InChI=1S/C11H14ClNO2/c1-7(4-5-13)10-8(12)2-3-9-11(10)15-6-14-9/h2-3,7H,4-6,13H2,1H3. The van der Waals surface area contributed by atoms with Gasteiger partial charge in [0.25, 0.3) is 0 Å². The van der Waals surface area contributed by atoms with Crippen molar-refractivity contribution in [1.82, 2.24) is 0 Å². The Kier molecular flexibility index (Phi) is 3.03. The molecule has 4 heteroatoms. The maximum atomic E-state index is 6.16. The summed E-state index contributed by atoms with van der Waals surface area (Å²) in [4.78, 5) is 0. The summed E-state index contributed by atoms with van der Waals surface area (Å²) in [6.45, 7) is 3.01. The smallest absolute Gasteiger partial charge is 0.231 e. The molecule has 0 saturated carbocycles. The Morgan fingerprint density at radius 1 is 1.47 bits per heavy atom. The lowest BCUT2D eigenvalue weighted by Gasteiger charge is -2.14. The summed E-state index contributed by atoms with van der Waals surface area (Å²) in [5.41, 5.74) is 6.56. The zero-order valence-corrected chi connectivity index (χ0v) is 9.38. The molecule has 3 nitrogen and oxygen atoms in total. The third-order valence-electron chi connectivity index (χ3n) is 2.62. The van der Waals surface area contributed by atoms with Crippen LogP contribution >= 0.6 is 11.6 Å². The maximum absolute atomic E-state index is 6.16. The molecule has 1 aliphatic rings. The van der Waals surface area contributed by atoms with Gasteiger partial charge in [-0.3, -0.25) is 0 Å². The Morgan fingerprint density at radius 3 is 3.00 bits per heavy atom. The largest absolute Gasteiger partial charge is 0.454 e. The molecule has 0 aliphatic carbocycles. The zero-order valence-electron chi connectivity index (χ0n) is 8.63. The number of fused-ring (bicyclic) bond motifs is 1. The van der Waals surface area contributed by atoms with Crippen LogP contribution in [0.3, 0.4) is 0 Å². The molecule has 1 aromatic carbocycles. The second-order valence-corrected chi connectivity index (χ2v) is 4.08. The van der Waals surface area contributed by atoms with Gasteiger partial charge in [0.2, 0.25) is 6.79 Å². The van der Waals surface area contributed by atoms with Crippen molar-refractivity contribution in [2.45, 2.75) is 19.3 Å². The number of ether oxygens (including phenoxy) is 2. The average Bonchev–Trinajstić information content (AvgIpc) is 2.65. The molecule has 0 saturated heterocycles. The van der Waals surface area contributed by atoms with Crippen molar-refractivity contribution >= 4 is 11.6 Å². The van der Waals surface area contributed by atoms with Crippen LogP contribution in [0, 0.1) is 0 Å². The van der Waals surface area contributed by atoms with E-state index in [4.69, 9.17) is 26.8 Å². The first-order valence-corrected chi connectivity index (χ1v) is 5.40. The van der Waals surface area contributed by atoms with Gasteiger partial charge in [-0.2, -0.15) is 0 Å². The minimum Gasteiger partial charge on any atom is -0.454 e. The summed E-state index contributed by atoms with van der Waals surface area (Å²) in [7, 11) is 0. The quantitative estimate of drug-likeness (QED) is 0.863. The average molecular weight is 228 g/mol. The van der Waals surface area contributed by atoms with Crippen LogP contribution in [0.25, 0.3) is 0 Å². The van der Waals surface area contributed by atoms with Crippen LogP contribution in [0.2, 0.25) is 5.02 Å². The van der Waals surface area contributed by atoms with Gasteiger partial charge in [-0.25, -0.2) is 0 Å². The number of hydrogen-bond donors (Lipinski definition) is 1. The van der Waals surface area contributed by atoms with Gasteiger partial charge in [0.1, 0.15) is 0 Å². The highest BCUT2D eigenvalue weighted by Crippen LogP contribution is 2.43. The summed E-state index contributed by atoms with van der Waals surface area (Å²) in [5, 5.41) is 0.722. The lowest BCUT2D eigenvalue weighted by molar-refractivity contribution is 0.173. The summed E-state index contributed by atoms with van der Waals surface area (Å²) in [6.07, 6.45) is 0.888. The number of halogens is 1. The first-order chi connectivity index (χ1) is 7.24. The maximum Gasteiger partial charge on any atom is 0.231 e. The molecule has 0 spiro atoms. The number of nitrogens with two attached hydrogens (primary N) is 1. The Morgan fingerprint density at radius 2 is 2.27 bits per heavy atom. The fourth-order valence-corrected chi connectivity index (χ4v) is 2.16. The van der Waals surface area contributed by atoms with Gasteiger partial charge < -0.3 is 15.2 Å². The molecule has 2 rings (SSSR count). The topological polar surface area (TPSA) is 44.5 Å². The highest BCUT2D eigenvalue weighted by atomic mass is 35.5. The molecular weight excluding hydrogens is 214 g/mol. The molecule has 82 valence electrons. The summed E-state index contributed by atoms with van der Waals surface area (Å²) >= 11 is 6.16. The van der Waals surface area contributed by atoms with Crippen LogP contribution in [0.1, 0.15) is 24.8 Å². The third-order valence-corrected chi connectivity index (χ3v) is 2.95. The fourth-order valence-electron chi connectivity index (χ4n) is 1.82. The third kappa shape index (κ3) is 1.90. The Bertz CT molecular complexity index is 368. The highest BCUT2D eigenvalue weighted by molar-refractivity contribution is 6.31. The Balaban J connectivity index is 2.40. The van der Waals surface area contributed by atoms with Gasteiger partial charge in [0, 0.05) is 10.6 Å². The predicted molar refractivity (Wildman–Crippen MR) is 59.7 cm³/mol. The van der Waals surface area contributed by atoms with E-state index >= 15 is 0 Å². The second kappa shape index (κ2) is 4.29. The molecule has 1 aliphatic heterocycles. The molecule has 1 unspecified atom stereocenters. The molecule has 0 aromatic heterocycles. The van der Waals surface area contributed by atoms with Crippen molar-refractivity contribution < 1.29 is 9.47 Å². The molecule has 2 N–H and O–H groups in total. The highest BCUT2D eigenvalue weighted by Gasteiger charge is 2.23. The van der Waals surface area contributed by atoms with E-state index in [9.17, 15) is 0 Å². The van der Waals surface area contributed by atoms with Gasteiger partial charge >= 0.3 is 0 Å². The SMILES string of the molecule is CC(CCN)c1c(Cl)ccc2c1OCO2.